The van der Waals surface area contributed by atoms with Crippen molar-refractivity contribution in [3.8, 4) is 0 Å². The molecule has 2 aliphatic rings. The minimum Gasteiger partial charge on any atom is -0.384 e. The van der Waals surface area contributed by atoms with Crippen molar-refractivity contribution in [2.45, 2.75) is 50.0 Å². The van der Waals surface area contributed by atoms with Gasteiger partial charge in [0.25, 0.3) is 0 Å². The first-order valence-electron chi connectivity index (χ1n) is 7.65. The molecule has 1 aromatic heterocycles. The Morgan fingerprint density at radius 1 is 1.30 bits per heavy atom. The van der Waals surface area contributed by atoms with Crippen LogP contribution in [0.3, 0.4) is 0 Å². The van der Waals surface area contributed by atoms with Crippen molar-refractivity contribution < 1.29 is 0 Å². The molecule has 20 heavy (non-hydrogen) atoms. The second kappa shape index (κ2) is 5.20. The molecule has 0 atom stereocenters. The van der Waals surface area contributed by atoms with Crippen LogP contribution in [0.1, 0.15) is 50.3 Å². The number of hydrogen-bond donors (Lipinski definition) is 2. The van der Waals surface area contributed by atoms with Crippen molar-refractivity contribution in [2.24, 2.45) is 0 Å². The molecule has 2 fully saturated rings. The van der Waals surface area contributed by atoms with E-state index in [0.29, 0.717) is 11.7 Å². The number of aromatic nitrogens is 2. The first kappa shape index (κ1) is 13.6. The lowest BCUT2D eigenvalue weighted by molar-refractivity contribution is 0.172. The van der Waals surface area contributed by atoms with E-state index in [1.165, 1.54) is 38.5 Å². The average Bonchev–Trinajstić information content (AvgIpc) is 3.14. The third-order valence-electron chi connectivity index (χ3n) is 4.79. The molecule has 5 heteroatoms. The van der Waals surface area contributed by atoms with E-state index in [1.807, 2.05) is 6.07 Å². The van der Waals surface area contributed by atoms with Gasteiger partial charge in [-0.1, -0.05) is 12.8 Å². The Labute approximate surface area is 121 Å². The Balaban J connectivity index is 1.71. The quantitative estimate of drug-likeness (QED) is 0.862. The molecule has 0 bridgehead atoms. The van der Waals surface area contributed by atoms with E-state index in [-0.39, 0.29) is 5.54 Å². The maximum Gasteiger partial charge on any atom is 0.136 e. The Kier molecular flexibility index (Phi) is 3.54. The molecule has 0 unspecified atom stereocenters. The van der Waals surface area contributed by atoms with Crippen LogP contribution < -0.4 is 11.1 Å². The molecule has 5 nitrogen and oxygen atoms in total. The highest BCUT2D eigenvalue weighted by molar-refractivity contribution is 5.45. The zero-order chi connectivity index (χ0) is 14.2. The van der Waals surface area contributed by atoms with Gasteiger partial charge in [0.05, 0.1) is 0 Å². The van der Waals surface area contributed by atoms with Crippen LogP contribution in [0.5, 0.6) is 0 Å². The predicted octanol–water partition coefficient (Wildman–Crippen LogP) is 2.22. The van der Waals surface area contributed by atoms with Gasteiger partial charge in [-0.3, -0.25) is 0 Å². The first-order valence-corrected chi connectivity index (χ1v) is 7.65. The van der Waals surface area contributed by atoms with Crippen molar-refractivity contribution in [1.82, 2.24) is 14.9 Å². The summed E-state index contributed by atoms with van der Waals surface area (Å²) in [6, 6.07) is 1.85. The summed E-state index contributed by atoms with van der Waals surface area (Å²) in [6.45, 7) is 0.931. The van der Waals surface area contributed by atoms with Gasteiger partial charge in [0.15, 0.2) is 0 Å². The summed E-state index contributed by atoms with van der Waals surface area (Å²) in [7, 11) is 4.36. The summed E-state index contributed by atoms with van der Waals surface area (Å²) in [6.07, 6.45) is 7.54. The highest BCUT2D eigenvalue weighted by Crippen LogP contribution is 2.39. The van der Waals surface area contributed by atoms with Crippen LogP contribution in [0, 0.1) is 0 Å². The van der Waals surface area contributed by atoms with Crippen LogP contribution in [-0.4, -0.2) is 41.0 Å². The van der Waals surface area contributed by atoms with Crippen LogP contribution in [0.2, 0.25) is 0 Å². The number of anilines is 2. The molecular formula is C15H25N5. The average molecular weight is 275 g/mol. The molecule has 1 aromatic rings. The number of rotatable bonds is 5. The smallest absolute Gasteiger partial charge is 0.136 e. The molecule has 0 aromatic carbocycles. The SMILES string of the molecule is CN(C)C1(CNc2cc(N)nc(C3CC3)n2)CCCC1. The maximum absolute atomic E-state index is 5.90. The molecule has 1 heterocycles. The number of nitrogens with one attached hydrogen (secondary N) is 1. The third kappa shape index (κ3) is 2.73. The van der Waals surface area contributed by atoms with Crippen LogP contribution in [0.15, 0.2) is 6.07 Å². The molecule has 0 amide bonds. The fourth-order valence-electron chi connectivity index (χ4n) is 3.17. The lowest BCUT2D eigenvalue weighted by Gasteiger charge is -2.36. The fraction of sp³-hybridized carbons (Fsp3) is 0.733. The Morgan fingerprint density at radius 3 is 2.60 bits per heavy atom. The summed E-state index contributed by atoms with van der Waals surface area (Å²) in [5.74, 6) is 2.91. The lowest BCUT2D eigenvalue weighted by Crippen LogP contribution is -2.47. The van der Waals surface area contributed by atoms with Gasteiger partial charge in [-0.2, -0.15) is 0 Å². The van der Waals surface area contributed by atoms with E-state index >= 15 is 0 Å². The minimum atomic E-state index is 0.263. The van der Waals surface area contributed by atoms with Crippen molar-refractivity contribution >= 4 is 11.6 Å². The largest absolute Gasteiger partial charge is 0.384 e. The topological polar surface area (TPSA) is 67.1 Å². The van der Waals surface area contributed by atoms with Gasteiger partial charge in [0, 0.05) is 24.1 Å². The van der Waals surface area contributed by atoms with Gasteiger partial charge in [0.1, 0.15) is 17.5 Å². The van der Waals surface area contributed by atoms with Gasteiger partial charge in [-0.25, -0.2) is 9.97 Å². The summed E-state index contributed by atoms with van der Waals surface area (Å²) in [5.41, 5.74) is 6.16. The predicted molar refractivity (Wildman–Crippen MR) is 81.8 cm³/mol. The van der Waals surface area contributed by atoms with Crippen LogP contribution in [0.4, 0.5) is 11.6 Å². The van der Waals surface area contributed by atoms with E-state index in [2.05, 4.69) is 34.3 Å². The summed E-state index contributed by atoms with van der Waals surface area (Å²) in [4.78, 5) is 11.3. The molecule has 3 N–H and O–H groups in total. The van der Waals surface area contributed by atoms with Crippen LogP contribution >= 0.6 is 0 Å². The van der Waals surface area contributed by atoms with Gasteiger partial charge < -0.3 is 16.0 Å². The van der Waals surface area contributed by atoms with Crippen molar-refractivity contribution in [2.75, 3.05) is 31.7 Å². The van der Waals surface area contributed by atoms with Crippen molar-refractivity contribution in [3.63, 3.8) is 0 Å². The number of likely N-dealkylation sites (N-methyl/N-ethyl adjacent to an activating group) is 1. The molecule has 2 saturated carbocycles. The maximum atomic E-state index is 5.90. The van der Waals surface area contributed by atoms with Gasteiger partial charge in [0.2, 0.25) is 0 Å². The zero-order valence-electron chi connectivity index (χ0n) is 12.5. The molecule has 110 valence electrons. The molecule has 0 spiro atoms. The summed E-state index contributed by atoms with van der Waals surface area (Å²) >= 11 is 0. The molecule has 3 rings (SSSR count). The van der Waals surface area contributed by atoms with Gasteiger partial charge in [-0.05, 0) is 39.8 Å². The Bertz CT molecular complexity index is 475. The molecule has 0 radical (unpaired) electrons. The highest BCUT2D eigenvalue weighted by Gasteiger charge is 2.36. The normalized spacial score (nSPS) is 21.4. The summed E-state index contributed by atoms with van der Waals surface area (Å²) < 4.78 is 0. The van der Waals surface area contributed by atoms with Crippen LogP contribution in [-0.2, 0) is 0 Å². The lowest BCUT2D eigenvalue weighted by atomic mass is 9.96. The van der Waals surface area contributed by atoms with Gasteiger partial charge in [-0.15, -0.1) is 0 Å². The molecule has 2 aliphatic carbocycles. The standard InChI is InChI=1S/C15H25N5/c1-20(2)15(7-3-4-8-15)10-17-13-9-12(16)18-14(19-13)11-5-6-11/h9,11H,3-8,10H2,1-2H3,(H3,16,17,18,19). The van der Waals surface area contributed by atoms with E-state index < -0.39 is 0 Å². The van der Waals surface area contributed by atoms with Gasteiger partial charge >= 0.3 is 0 Å². The number of nitrogen functional groups attached to an aromatic ring is 1. The van der Waals surface area contributed by atoms with E-state index in [4.69, 9.17) is 5.73 Å². The second-order valence-corrected chi connectivity index (χ2v) is 6.49. The zero-order valence-corrected chi connectivity index (χ0v) is 12.5. The van der Waals surface area contributed by atoms with E-state index in [0.717, 1.165) is 18.2 Å². The molecule has 0 saturated heterocycles. The Hall–Kier alpha value is -1.36. The number of hydrogen-bond acceptors (Lipinski definition) is 5. The van der Waals surface area contributed by atoms with Crippen LogP contribution in [0.25, 0.3) is 0 Å². The van der Waals surface area contributed by atoms with Crippen molar-refractivity contribution in [1.29, 1.82) is 0 Å². The molecular weight excluding hydrogens is 250 g/mol. The monoisotopic (exact) mass is 275 g/mol. The van der Waals surface area contributed by atoms with E-state index in [9.17, 15) is 0 Å². The number of nitrogens with zero attached hydrogens (tertiary/aromatic N) is 3. The van der Waals surface area contributed by atoms with Crippen molar-refractivity contribution in [3.05, 3.63) is 11.9 Å². The second-order valence-electron chi connectivity index (χ2n) is 6.49. The third-order valence-corrected chi connectivity index (χ3v) is 4.79. The number of nitrogens with two attached hydrogens (primary N) is 1. The Morgan fingerprint density at radius 2 is 2.00 bits per heavy atom. The molecule has 0 aliphatic heterocycles. The minimum absolute atomic E-state index is 0.263. The summed E-state index contributed by atoms with van der Waals surface area (Å²) in [5, 5.41) is 3.50. The fourth-order valence-corrected chi connectivity index (χ4v) is 3.17. The highest BCUT2D eigenvalue weighted by atomic mass is 15.2. The van der Waals surface area contributed by atoms with E-state index in [1.54, 1.807) is 0 Å². The first-order chi connectivity index (χ1) is 9.59.